The molecule has 0 aliphatic carbocycles. The van der Waals surface area contributed by atoms with Crippen molar-refractivity contribution in [1.82, 2.24) is 5.43 Å². The van der Waals surface area contributed by atoms with Crippen LogP contribution in [0.1, 0.15) is 49.3 Å². The molecular weight excluding hydrogens is 354 g/mol. The van der Waals surface area contributed by atoms with E-state index in [1.54, 1.807) is 6.21 Å². The molecule has 0 saturated heterocycles. The van der Waals surface area contributed by atoms with E-state index in [2.05, 4.69) is 42.7 Å². The molecular formula is C22H29N3OS. The van der Waals surface area contributed by atoms with Gasteiger partial charge >= 0.3 is 0 Å². The number of aryl methyl sites for hydroxylation is 1. The Morgan fingerprint density at radius 1 is 1.07 bits per heavy atom. The van der Waals surface area contributed by atoms with Gasteiger partial charge in [-0.1, -0.05) is 38.3 Å². The summed E-state index contributed by atoms with van der Waals surface area (Å²) in [5.41, 5.74) is 7.22. The van der Waals surface area contributed by atoms with E-state index < -0.39 is 0 Å². The van der Waals surface area contributed by atoms with Gasteiger partial charge in [-0.2, -0.15) is 5.10 Å². The molecule has 2 rings (SSSR count). The van der Waals surface area contributed by atoms with Gasteiger partial charge in [-0.05, 0) is 79.5 Å². The van der Waals surface area contributed by atoms with E-state index in [1.807, 2.05) is 36.4 Å². The van der Waals surface area contributed by atoms with E-state index in [9.17, 15) is 0 Å². The highest BCUT2D eigenvalue weighted by Crippen LogP contribution is 2.17. The summed E-state index contributed by atoms with van der Waals surface area (Å²) < 4.78 is 5.75. The molecule has 0 heterocycles. The maximum absolute atomic E-state index is 5.75. The number of hydrazone groups is 1. The third-order valence-electron chi connectivity index (χ3n) is 4.38. The lowest BCUT2D eigenvalue weighted by Crippen LogP contribution is -2.24. The first kappa shape index (κ1) is 20.9. The fourth-order valence-corrected chi connectivity index (χ4v) is 2.73. The zero-order valence-corrected chi connectivity index (χ0v) is 17.2. The summed E-state index contributed by atoms with van der Waals surface area (Å²) in [5.74, 6) is 0.892. The van der Waals surface area contributed by atoms with E-state index in [0.717, 1.165) is 30.0 Å². The van der Waals surface area contributed by atoms with Gasteiger partial charge in [0.1, 0.15) is 5.75 Å². The molecule has 0 radical (unpaired) electrons. The Bertz CT molecular complexity index is 757. The molecule has 4 nitrogen and oxygen atoms in total. The number of hydrogen-bond acceptors (Lipinski definition) is 3. The molecule has 0 aliphatic rings. The smallest absolute Gasteiger partial charge is 0.191 e. The van der Waals surface area contributed by atoms with E-state index >= 15 is 0 Å². The van der Waals surface area contributed by atoms with Crippen LogP contribution in [0.4, 0.5) is 5.69 Å². The lowest BCUT2D eigenvalue weighted by Gasteiger charge is -2.11. The van der Waals surface area contributed by atoms with Crippen molar-refractivity contribution in [3.05, 3.63) is 59.2 Å². The Kier molecular flexibility index (Phi) is 8.78. The Labute approximate surface area is 168 Å². The van der Waals surface area contributed by atoms with Crippen LogP contribution in [-0.4, -0.2) is 17.9 Å². The minimum Gasteiger partial charge on any atom is -0.494 e. The number of rotatable bonds is 9. The van der Waals surface area contributed by atoms with Crippen LogP contribution >= 0.6 is 12.2 Å². The third kappa shape index (κ3) is 7.39. The SMILES string of the molecule is CCCCCCOc1ccc(C=NNC(=S)Nc2cccc(C)c2C)cc1. The Balaban J connectivity index is 1.77. The number of nitrogens with zero attached hydrogens (tertiary/aromatic N) is 1. The molecule has 2 aromatic rings. The summed E-state index contributed by atoms with van der Waals surface area (Å²) in [6.07, 6.45) is 6.58. The van der Waals surface area contributed by atoms with Gasteiger partial charge in [0.25, 0.3) is 0 Å². The monoisotopic (exact) mass is 383 g/mol. The summed E-state index contributed by atoms with van der Waals surface area (Å²) in [4.78, 5) is 0. The van der Waals surface area contributed by atoms with Gasteiger partial charge in [0.2, 0.25) is 0 Å². The normalized spacial score (nSPS) is 10.8. The van der Waals surface area contributed by atoms with Crippen molar-refractivity contribution in [3.63, 3.8) is 0 Å². The van der Waals surface area contributed by atoms with E-state index in [-0.39, 0.29) is 0 Å². The summed E-state index contributed by atoms with van der Waals surface area (Å²) >= 11 is 5.30. The lowest BCUT2D eigenvalue weighted by molar-refractivity contribution is 0.305. The summed E-state index contributed by atoms with van der Waals surface area (Å²) in [6, 6.07) is 14.0. The van der Waals surface area contributed by atoms with Crippen LogP contribution in [-0.2, 0) is 0 Å². The molecule has 0 unspecified atom stereocenters. The van der Waals surface area contributed by atoms with Gasteiger partial charge < -0.3 is 10.1 Å². The second-order valence-corrected chi connectivity index (χ2v) is 6.96. The fraction of sp³-hybridized carbons (Fsp3) is 0.364. The van der Waals surface area contributed by atoms with Gasteiger partial charge in [-0.3, -0.25) is 5.43 Å². The van der Waals surface area contributed by atoms with Crippen molar-refractivity contribution in [2.24, 2.45) is 5.10 Å². The number of ether oxygens (including phenoxy) is 1. The zero-order chi connectivity index (χ0) is 19.5. The van der Waals surface area contributed by atoms with Crippen LogP contribution in [0.5, 0.6) is 5.75 Å². The van der Waals surface area contributed by atoms with Crippen LogP contribution in [0.2, 0.25) is 0 Å². The molecule has 2 aromatic carbocycles. The predicted octanol–water partition coefficient (Wildman–Crippen LogP) is 5.58. The molecule has 0 fully saturated rings. The van der Waals surface area contributed by atoms with Gasteiger partial charge in [0.15, 0.2) is 5.11 Å². The Morgan fingerprint density at radius 2 is 1.85 bits per heavy atom. The van der Waals surface area contributed by atoms with Crippen LogP contribution in [0.25, 0.3) is 0 Å². The number of hydrogen-bond donors (Lipinski definition) is 2. The molecule has 0 saturated carbocycles. The maximum atomic E-state index is 5.75. The zero-order valence-electron chi connectivity index (χ0n) is 16.4. The Morgan fingerprint density at radius 3 is 2.59 bits per heavy atom. The molecule has 0 atom stereocenters. The van der Waals surface area contributed by atoms with Crippen LogP contribution in [0, 0.1) is 13.8 Å². The fourth-order valence-electron chi connectivity index (χ4n) is 2.57. The van der Waals surface area contributed by atoms with Crippen molar-refractivity contribution in [3.8, 4) is 5.75 Å². The quantitative estimate of drug-likeness (QED) is 0.257. The second-order valence-electron chi connectivity index (χ2n) is 6.55. The van der Waals surface area contributed by atoms with Crippen molar-refractivity contribution in [2.75, 3.05) is 11.9 Å². The number of anilines is 1. The van der Waals surface area contributed by atoms with E-state index in [4.69, 9.17) is 17.0 Å². The topological polar surface area (TPSA) is 45.6 Å². The molecule has 0 aliphatic heterocycles. The first-order valence-corrected chi connectivity index (χ1v) is 9.90. The van der Waals surface area contributed by atoms with E-state index in [1.165, 1.54) is 30.4 Å². The highest BCUT2D eigenvalue weighted by molar-refractivity contribution is 7.80. The van der Waals surface area contributed by atoms with E-state index in [0.29, 0.717) is 5.11 Å². The maximum Gasteiger partial charge on any atom is 0.191 e. The molecule has 0 aromatic heterocycles. The van der Waals surface area contributed by atoms with Crippen molar-refractivity contribution in [2.45, 2.75) is 46.5 Å². The number of nitrogens with one attached hydrogen (secondary N) is 2. The largest absolute Gasteiger partial charge is 0.494 e. The third-order valence-corrected chi connectivity index (χ3v) is 4.57. The predicted molar refractivity (Wildman–Crippen MR) is 119 cm³/mol. The number of unbranched alkanes of at least 4 members (excludes halogenated alkanes) is 3. The second kappa shape index (κ2) is 11.3. The van der Waals surface area contributed by atoms with Gasteiger partial charge in [-0.15, -0.1) is 0 Å². The molecule has 27 heavy (non-hydrogen) atoms. The summed E-state index contributed by atoms with van der Waals surface area (Å²) in [7, 11) is 0. The average molecular weight is 384 g/mol. The average Bonchev–Trinajstić information content (AvgIpc) is 2.66. The Hall–Kier alpha value is -2.40. The van der Waals surface area contributed by atoms with Gasteiger partial charge in [0.05, 0.1) is 12.8 Å². The van der Waals surface area contributed by atoms with Crippen LogP contribution < -0.4 is 15.5 Å². The van der Waals surface area contributed by atoms with Crippen molar-refractivity contribution < 1.29 is 4.74 Å². The van der Waals surface area contributed by atoms with Crippen LogP contribution in [0.3, 0.4) is 0 Å². The first-order chi connectivity index (χ1) is 13.1. The minimum absolute atomic E-state index is 0.465. The highest BCUT2D eigenvalue weighted by atomic mass is 32.1. The molecule has 0 amide bonds. The minimum atomic E-state index is 0.465. The molecule has 0 spiro atoms. The standard InChI is InChI=1S/C22H29N3OS/c1-4-5-6-7-15-26-20-13-11-19(12-14-20)16-23-25-22(27)24-21-10-8-9-17(2)18(21)3/h8-14,16H,4-7,15H2,1-3H3,(H2,24,25,27). The molecule has 0 bridgehead atoms. The lowest BCUT2D eigenvalue weighted by atomic mass is 10.1. The van der Waals surface area contributed by atoms with Gasteiger partial charge in [0, 0.05) is 5.69 Å². The van der Waals surface area contributed by atoms with Gasteiger partial charge in [-0.25, -0.2) is 0 Å². The number of thiocarbonyl (C=S) groups is 1. The molecule has 144 valence electrons. The highest BCUT2D eigenvalue weighted by Gasteiger charge is 2.02. The van der Waals surface area contributed by atoms with Crippen LogP contribution in [0.15, 0.2) is 47.6 Å². The molecule has 5 heteroatoms. The number of benzene rings is 2. The summed E-state index contributed by atoms with van der Waals surface area (Å²) in [5, 5.41) is 7.83. The van der Waals surface area contributed by atoms with Crippen molar-refractivity contribution in [1.29, 1.82) is 0 Å². The first-order valence-electron chi connectivity index (χ1n) is 9.49. The van der Waals surface area contributed by atoms with Crippen molar-refractivity contribution >= 4 is 29.2 Å². The summed E-state index contributed by atoms with van der Waals surface area (Å²) in [6.45, 7) is 7.13. The molecule has 2 N–H and O–H groups in total.